The fourth-order valence-electron chi connectivity index (χ4n) is 1.68. The van der Waals surface area contributed by atoms with E-state index in [9.17, 15) is 0 Å². The SMILES string of the molecule is Cc1ccc(/C=C/CN2CCOCC2)nc1. The van der Waals surface area contributed by atoms with Gasteiger partial charge < -0.3 is 4.74 Å². The van der Waals surface area contributed by atoms with Crippen molar-refractivity contribution < 1.29 is 4.74 Å². The van der Waals surface area contributed by atoms with Crippen molar-refractivity contribution in [1.29, 1.82) is 0 Å². The van der Waals surface area contributed by atoms with Gasteiger partial charge in [-0.1, -0.05) is 12.1 Å². The van der Waals surface area contributed by atoms with Crippen molar-refractivity contribution in [2.24, 2.45) is 0 Å². The van der Waals surface area contributed by atoms with Crippen molar-refractivity contribution in [2.75, 3.05) is 32.8 Å². The molecule has 0 aliphatic carbocycles. The van der Waals surface area contributed by atoms with Gasteiger partial charge in [-0.3, -0.25) is 9.88 Å². The van der Waals surface area contributed by atoms with Gasteiger partial charge in [0.1, 0.15) is 0 Å². The predicted molar refractivity (Wildman–Crippen MR) is 65.3 cm³/mol. The fourth-order valence-corrected chi connectivity index (χ4v) is 1.68. The molecule has 0 saturated carbocycles. The first kappa shape index (κ1) is 11.3. The molecular weight excluding hydrogens is 200 g/mol. The molecule has 2 rings (SSSR count). The van der Waals surface area contributed by atoms with Crippen LogP contribution in [0.15, 0.2) is 24.4 Å². The highest BCUT2D eigenvalue weighted by molar-refractivity contribution is 5.44. The Bertz CT molecular complexity index is 339. The molecule has 1 aromatic heterocycles. The zero-order chi connectivity index (χ0) is 11.2. The lowest BCUT2D eigenvalue weighted by molar-refractivity contribution is 0.0435. The zero-order valence-corrected chi connectivity index (χ0v) is 9.72. The van der Waals surface area contributed by atoms with Crippen LogP contribution in [0.25, 0.3) is 6.08 Å². The van der Waals surface area contributed by atoms with Gasteiger partial charge in [0.2, 0.25) is 0 Å². The Hall–Kier alpha value is -1.19. The van der Waals surface area contributed by atoms with Crippen LogP contribution >= 0.6 is 0 Å². The van der Waals surface area contributed by atoms with Gasteiger partial charge in [-0.05, 0) is 24.6 Å². The summed E-state index contributed by atoms with van der Waals surface area (Å²) in [6, 6.07) is 4.13. The van der Waals surface area contributed by atoms with E-state index >= 15 is 0 Å². The minimum Gasteiger partial charge on any atom is -0.379 e. The van der Waals surface area contributed by atoms with Crippen LogP contribution in [0.5, 0.6) is 0 Å². The van der Waals surface area contributed by atoms with Gasteiger partial charge in [-0.15, -0.1) is 0 Å². The molecule has 1 aliphatic rings. The number of rotatable bonds is 3. The molecule has 0 aromatic carbocycles. The van der Waals surface area contributed by atoms with Gasteiger partial charge >= 0.3 is 0 Å². The molecule has 0 unspecified atom stereocenters. The third kappa shape index (κ3) is 3.43. The van der Waals surface area contributed by atoms with E-state index < -0.39 is 0 Å². The molecule has 3 nitrogen and oxygen atoms in total. The summed E-state index contributed by atoms with van der Waals surface area (Å²) in [4.78, 5) is 6.71. The summed E-state index contributed by atoms with van der Waals surface area (Å²) in [6.45, 7) is 6.82. The maximum Gasteiger partial charge on any atom is 0.0627 e. The monoisotopic (exact) mass is 218 g/mol. The number of pyridine rings is 1. The van der Waals surface area contributed by atoms with Crippen LogP contribution in [0.2, 0.25) is 0 Å². The van der Waals surface area contributed by atoms with Gasteiger partial charge in [0.15, 0.2) is 0 Å². The molecule has 0 atom stereocenters. The van der Waals surface area contributed by atoms with Crippen LogP contribution in [0, 0.1) is 6.92 Å². The number of hydrogen-bond acceptors (Lipinski definition) is 3. The number of nitrogens with zero attached hydrogens (tertiary/aromatic N) is 2. The Labute approximate surface area is 96.7 Å². The second kappa shape index (κ2) is 5.77. The smallest absolute Gasteiger partial charge is 0.0627 e. The van der Waals surface area contributed by atoms with Crippen LogP contribution in [0.1, 0.15) is 11.3 Å². The van der Waals surface area contributed by atoms with Crippen molar-refractivity contribution in [2.45, 2.75) is 6.92 Å². The first-order valence-corrected chi connectivity index (χ1v) is 5.74. The van der Waals surface area contributed by atoms with Crippen molar-refractivity contribution in [1.82, 2.24) is 9.88 Å². The number of aryl methyl sites for hydroxylation is 1. The lowest BCUT2D eigenvalue weighted by Crippen LogP contribution is -2.36. The lowest BCUT2D eigenvalue weighted by atomic mass is 10.2. The molecule has 86 valence electrons. The molecule has 0 N–H and O–H groups in total. The van der Waals surface area contributed by atoms with Crippen molar-refractivity contribution >= 4 is 6.08 Å². The van der Waals surface area contributed by atoms with Gasteiger partial charge in [-0.25, -0.2) is 0 Å². The molecule has 0 bridgehead atoms. The molecule has 1 aromatic rings. The van der Waals surface area contributed by atoms with Crippen LogP contribution < -0.4 is 0 Å². The zero-order valence-electron chi connectivity index (χ0n) is 9.72. The summed E-state index contributed by atoms with van der Waals surface area (Å²) >= 11 is 0. The average Bonchev–Trinajstić information content (AvgIpc) is 2.33. The summed E-state index contributed by atoms with van der Waals surface area (Å²) in [7, 11) is 0. The topological polar surface area (TPSA) is 25.4 Å². The highest BCUT2D eigenvalue weighted by Gasteiger charge is 2.07. The second-order valence-corrected chi connectivity index (χ2v) is 4.08. The molecule has 0 amide bonds. The maximum absolute atomic E-state index is 5.30. The molecule has 3 heteroatoms. The van der Waals surface area contributed by atoms with E-state index in [1.807, 2.05) is 19.2 Å². The second-order valence-electron chi connectivity index (χ2n) is 4.08. The summed E-state index contributed by atoms with van der Waals surface area (Å²) < 4.78 is 5.30. The standard InChI is InChI=1S/C13H18N2O/c1-12-4-5-13(14-11-12)3-2-6-15-7-9-16-10-8-15/h2-5,11H,6-10H2,1H3/b3-2+. The highest BCUT2D eigenvalue weighted by Crippen LogP contribution is 2.02. The summed E-state index contributed by atoms with van der Waals surface area (Å²) in [5.41, 5.74) is 2.23. The van der Waals surface area contributed by atoms with Gasteiger partial charge in [0, 0.05) is 25.8 Å². The molecule has 0 spiro atoms. The minimum absolute atomic E-state index is 0.858. The fraction of sp³-hybridized carbons (Fsp3) is 0.462. The first-order valence-electron chi connectivity index (χ1n) is 5.74. The number of hydrogen-bond donors (Lipinski definition) is 0. The van der Waals surface area contributed by atoms with E-state index in [2.05, 4.69) is 28.1 Å². The average molecular weight is 218 g/mol. The van der Waals surface area contributed by atoms with Crippen LogP contribution in [-0.4, -0.2) is 42.7 Å². The molecule has 16 heavy (non-hydrogen) atoms. The van der Waals surface area contributed by atoms with E-state index in [0.29, 0.717) is 0 Å². The van der Waals surface area contributed by atoms with E-state index in [1.54, 1.807) is 0 Å². The highest BCUT2D eigenvalue weighted by atomic mass is 16.5. The van der Waals surface area contributed by atoms with Gasteiger partial charge in [0.25, 0.3) is 0 Å². The molecule has 1 aliphatic heterocycles. The van der Waals surface area contributed by atoms with Gasteiger partial charge in [0.05, 0.1) is 18.9 Å². The number of ether oxygens (including phenoxy) is 1. The Balaban J connectivity index is 1.82. The minimum atomic E-state index is 0.858. The van der Waals surface area contributed by atoms with E-state index in [-0.39, 0.29) is 0 Å². The van der Waals surface area contributed by atoms with E-state index in [4.69, 9.17) is 4.74 Å². The van der Waals surface area contributed by atoms with Crippen LogP contribution in [0.3, 0.4) is 0 Å². The summed E-state index contributed by atoms with van der Waals surface area (Å²) in [5, 5.41) is 0. The predicted octanol–water partition coefficient (Wildman–Crippen LogP) is 1.74. The number of morpholine rings is 1. The van der Waals surface area contributed by atoms with Crippen LogP contribution in [-0.2, 0) is 4.74 Å². The lowest BCUT2D eigenvalue weighted by Gasteiger charge is -2.25. The first-order chi connectivity index (χ1) is 7.84. The molecule has 1 saturated heterocycles. The largest absolute Gasteiger partial charge is 0.379 e. The Kier molecular flexibility index (Phi) is 4.08. The Morgan fingerprint density at radius 2 is 2.19 bits per heavy atom. The Morgan fingerprint density at radius 1 is 1.38 bits per heavy atom. The van der Waals surface area contributed by atoms with Crippen LogP contribution in [0.4, 0.5) is 0 Å². The quantitative estimate of drug-likeness (QED) is 0.772. The summed E-state index contributed by atoms with van der Waals surface area (Å²) in [6.07, 6.45) is 6.15. The molecule has 0 radical (unpaired) electrons. The third-order valence-electron chi connectivity index (χ3n) is 2.69. The molecule has 1 fully saturated rings. The van der Waals surface area contributed by atoms with E-state index in [1.165, 1.54) is 5.56 Å². The van der Waals surface area contributed by atoms with Crippen molar-refractivity contribution in [3.8, 4) is 0 Å². The normalized spacial score (nSPS) is 18.1. The third-order valence-corrected chi connectivity index (χ3v) is 2.69. The van der Waals surface area contributed by atoms with Gasteiger partial charge in [-0.2, -0.15) is 0 Å². The van der Waals surface area contributed by atoms with Crippen molar-refractivity contribution in [3.05, 3.63) is 35.7 Å². The van der Waals surface area contributed by atoms with E-state index in [0.717, 1.165) is 38.5 Å². The summed E-state index contributed by atoms with van der Waals surface area (Å²) in [5.74, 6) is 0. The van der Waals surface area contributed by atoms with Crippen molar-refractivity contribution in [3.63, 3.8) is 0 Å². The maximum atomic E-state index is 5.30. The molecule has 2 heterocycles. The Morgan fingerprint density at radius 3 is 2.88 bits per heavy atom. The number of aromatic nitrogens is 1. The molecular formula is C13H18N2O.